The van der Waals surface area contributed by atoms with E-state index in [1.807, 2.05) is 0 Å². The molecule has 0 radical (unpaired) electrons. The topological polar surface area (TPSA) is 82.2 Å². The van der Waals surface area contributed by atoms with Crippen LogP contribution in [0.4, 0.5) is 5.82 Å². The predicted molar refractivity (Wildman–Crippen MR) is 72.8 cm³/mol. The molecule has 2 rings (SSSR count). The molecule has 0 aliphatic carbocycles. The molecule has 0 aliphatic rings. The monoisotopic (exact) mass is 364 g/mol. The highest BCUT2D eigenvalue weighted by Crippen LogP contribution is 2.29. The van der Waals surface area contributed by atoms with E-state index in [2.05, 4.69) is 15.9 Å². The third-order valence-electron chi connectivity index (χ3n) is 2.32. The predicted octanol–water partition coefficient (Wildman–Crippen LogP) is 3.05. The van der Waals surface area contributed by atoms with Crippen LogP contribution < -0.4 is 0 Å². The number of benzene rings is 1. The van der Waals surface area contributed by atoms with Crippen LogP contribution in [0, 0.1) is 10.1 Å². The van der Waals surface area contributed by atoms with Crippen LogP contribution >= 0.6 is 27.5 Å². The van der Waals surface area contributed by atoms with Crippen LogP contribution in [0.15, 0.2) is 45.9 Å². The van der Waals surface area contributed by atoms with Gasteiger partial charge in [-0.3, -0.25) is 0 Å². The minimum Gasteiger partial charge on any atom is -0.358 e. The van der Waals surface area contributed by atoms with E-state index >= 15 is 0 Å². The van der Waals surface area contributed by atoms with Gasteiger partial charge in [0.2, 0.25) is 0 Å². The lowest BCUT2D eigenvalue weighted by Crippen LogP contribution is -2.14. The van der Waals surface area contributed by atoms with Gasteiger partial charge in [-0.1, -0.05) is 27.5 Å². The minimum absolute atomic E-state index is 0.0638. The van der Waals surface area contributed by atoms with Gasteiger partial charge >= 0.3 is 15.8 Å². The van der Waals surface area contributed by atoms with E-state index < -0.39 is 20.8 Å². The van der Waals surface area contributed by atoms with E-state index in [4.69, 9.17) is 11.6 Å². The summed E-state index contributed by atoms with van der Waals surface area (Å²) in [6.45, 7) is 0. The first-order chi connectivity index (χ1) is 8.84. The lowest BCUT2D eigenvalue weighted by atomic mass is 10.4. The molecule has 1 heterocycles. The molecule has 0 unspecified atom stereocenters. The summed E-state index contributed by atoms with van der Waals surface area (Å²) in [5.74, 6) is -0.676. The first-order valence-electron chi connectivity index (χ1n) is 4.86. The van der Waals surface area contributed by atoms with Gasteiger partial charge in [0.15, 0.2) is 0 Å². The molecule has 0 spiro atoms. The van der Waals surface area contributed by atoms with Gasteiger partial charge in [0, 0.05) is 10.5 Å². The molecule has 2 aromatic rings. The fourth-order valence-electron chi connectivity index (χ4n) is 1.47. The highest BCUT2D eigenvalue weighted by Gasteiger charge is 2.30. The normalized spacial score (nSPS) is 11.5. The van der Waals surface area contributed by atoms with Gasteiger partial charge in [-0.05, 0) is 29.2 Å². The second kappa shape index (κ2) is 4.95. The first-order valence-corrected chi connectivity index (χ1v) is 7.47. The Kier molecular flexibility index (Phi) is 3.66. The van der Waals surface area contributed by atoms with E-state index in [1.54, 1.807) is 0 Å². The highest BCUT2D eigenvalue weighted by molar-refractivity contribution is 9.10. The third-order valence-corrected chi connectivity index (χ3v) is 4.83. The molecule has 1 aromatic carbocycles. The molecule has 9 heteroatoms. The fraction of sp³-hybridized carbons (Fsp3) is 0. The van der Waals surface area contributed by atoms with E-state index in [-0.39, 0.29) is 9.92 Å². The Morgan fingerprint density at radius 2 is 1.79 bits per heavy atom. The first kappa shape index (κ1) is 14.0. The van der Waals surface area contributed by atoms with Crippen molar-refractivity contribution in [2.24, 2.45) is 0 Å². The van der Waals surface area contributed by atoms with Gasteiger partial charge in [0.1, 0.15) is 16.1 Å². The number of nitrogens with zero attached hydrogens (tertiary/aromatic N) is 2. The largest absolute Gasteiger partial charge is 0.358 e. The van der Waals surface area contributed by atoms with Crippen LogP contribution in [0.2, 0.25) is 5.02 Å². The SMILES string of the molecule is O=[N+]([O-])c1c(Cl)ccn1S(=O)(=O)c1ccc(Br)cc1. The average molecular weight is 366 g/mol. The minimum atomic E-state index is -4.04. The third kappa shape index (κ3) is 2.51. The van der Waals surface area contributed by atoms with Gasteiger partial charge in [0.25, 0.3) is 0 Å². The maximum Gasteiger partial charge on any atom is 0.357 e. The van der Waals surface area contributed by atoms with Crippen LogP contribution in [0.5, 0.6) is 0 Å². The summed E-state index contributed by atoms with van der Waals surface area (Å²) in [5, 5.41) is 10.6. The standard InChI is InChI=1S/C10H6BrClN2O4S/c11-7-1-3-8(4-2-7)19(17,18)13-6-5-9(12)10(13)14(15)16/h1-6H. The Bertz CT molecular complexity index is 739. The molecule has 0 saturated heterocycles. The molecule has 100 valence electrons. The lowest BCUT2D eigenvalue weighted by molar-refractivity contribution is -0.390. The van der Waals surface area contributed by atoms with Gasteiger partial charge in [-0.15, -0.1) is 3.97 Å². The lowest BCUT2D eigenvalue weighted by Gasteiger charge is -2.03. The molecule has 0 saturated carbocycles. The Hall–Kier alpha value is -1.38. The maximum atomic E-state index is 12.3. The molecule has 1 aromatic heterocycles. The number of hydrogen-bond acceptors (Lipinski definition) is 4. The number of aromatic nitrogens is 1. The van der Waals surface area contributed by atoms with Crippen LogP contribution in [0.3, 0.4) is 0 Å². The summed E-state index contributed by atoms with van der Waals surface area (Å²) >= 11 is 8.80. The van der Waals surface area contributed by atoms with Gasteiger partial charge in [-0.25, -0.2) is 0 Å². The molecular weight excluding hydrogens is 360 g/mol. The molecule has 6 nitrogen and oxygen atoms in total. The molecule has 0 amide bonds. The molecular formula is C10H6BrClN2O4S. The summed E-state index contributed by atoms with van der Waals surface area (Å²) in [6.07, 6.45) is 1.05. The molecule has 0 fully saturated rings. The molecule has 0 N–H and O–H groups in total. The maximum absolute atomic E-state index is 12.3. The van der Waals surface area contributed by atoms with Crippen molar-refractivity contribution >= 4 is 43.4 Å². The second-order valence-corrected chi connectivity index (χ2v) is 6.64. The van der Waals surface area contributed by atoms with Crippen LogP contribution in [-0.4, -0.2) is 17.3 Å². The van der Waals surface area contributed by atoms with E-state index in [9.17, 15) is 18.5 Å². The zero-order valence-corrected chi connectivity index (χ0v) is 12.3. The summed E-state index contributed by atoms with van der Waals surface area (Å²) in [6, 6.07) is 6.91. The van der Waals surface area contributed by atoms with Crippen molar-refractivity contribution in [3.63, 3.8) is 0 Å². The summed E-state index contributed by atoms with van der Waals surface area (Å²) in [7, 11) is -4.04. The van der Waals surface area contributed by atoms with Crippen LogP contribution in [0.25, 0.3) is 0 Å². The summed E-state index contributed by atoms with van der Waals surface area (Å²) < 4.78 is 25.8. The van der Waals surface area contributed by atoms with E-state index in [0.29, 0.717) is 8.45 Å². The number of nitro groups is 1. The molecule has 0 atom stereocenters. The van der Waals surface area contributed by atoms with Crippen LogP contribution in [0.1, 0.15) is 0 Å². The number of halogens is 2. The Labute approximate surface area is 121 Å². The Morgan fingerprint density at radius 3 is 2.32 bits per heavy atom. The number of rotatable bonds is 3. The summed E-state index contributed by atoms with van der Waals surface area (Å²) in [4.78, 5) is 9.97. The van der Waals surface area contributed by atoms with Crippen molar-refractivity contribution in [3.8, 4) is 0 Å². The van der Waals surface area contributed by atoms with E-state index in [1.165, 1.54) is 24.3 Å². The van der Waals surface area contributed by atoms with E-state index in [0.717, 1.165) is 12.3 Å². The smallest absolute Gasteiger partial charge is 0.357 e. The zero-order chi connectivity index (χ0) is 14.2. The molecule has 0 aliphatic heterocycles. The van der Waals surface area contributed by atoms with Crippen LogP contribution in [-0.2, 0) is 10.0 Å². The zero-order valence-electron chi connectivity index (χ0n) is 9.16. The summed E-state index contributed by atoms with van der Waals surface area (Å²) in [5.41, 5.74) is 0. The molecule has 19 heavy (non-hydrogen) atoms. The highest BCUT2D eigenvalue weighted by atomic mass is 79.9. The van der Waals surface area contributed by atoms with Crippen molar-refractivity contribution in [2.45, 2.75) is 4.90 Å². The van der Waals surface area contributed by atoms with Crippen molar-refractivity contribution < 1.29 is 13.3 Å². The fourth-order valence-corrected chi connectivity index (χ4v) is 3.32. The molecule has 0 bridgehead atoms. The van der Waals surface area contributed by atoms with Gasteiger partial charge in [0.05, 0.1) is 0 Å². The quantitative estimate of drug-likeness (QED) is 0.618. The second-order valence-electron chi connectivity index (χ2n) is 3.50. The van der Waals surface area contributed by atoms with Gasteiger partial charge < -0.3 is 10.1 Å². The Morgan fingerprint density at radius 1 is 1.21 bits per heavy atom. The average Bonchev–Trinajstić information content (AvgIpc) is 2.72. The van der Waals surface area contributed by atoms with Crippen molar-refractivity contribution in [1.29, 1.82) is 0 Å². The van der Waals surface area contributed by atoms with Crippen molar-refractivity contribution in [3.05, 3.63) is 56.1 Å². The Balaban J connectivity index is 2.64. The number of hydrogen-bond donors (Lipinski definition) is 0. The van der Waals surface area contributed by atoms with Crippen molar-refractivity contribution in [1.82, 2.24) is 3.97 Å². The van der Waals surface area contributed by atoms with Gasteiger partial charge in [-0.2, -0.15) is 8.42 Å². The van der Waals surface area contributed by atoms with Crippen molar-refractivity contribution in [2.75, 3.05) is 0 Å².